The lowest BCUT2D eigenvalue weighted by atomic mass is 10.2. The van der Waals surface area contributed by atoms with Crippen LogP contribution in [0.4, 0.5) is 11.5 Å². The third-order valence-electron chi connectivity index (χ3n) is 6.63. The van der Waals surface area contributed by atoms with E-state index >= 15 is 0 Å². The van der Waals surface area contributed by atoms with Crippen LogP contribution in [-0.4, -0.2) is 65.2 Å². The molecule has 1 aliphatic rings. The number of aromatic nitrogens is 3. The Morgan fingerprint density at radius 1 is 0.944 bits per heavy atom. The number of amides is 1. The summed E-state index contributed by atoms with van der Waals surface area (Å²) < 4.78 is 7.57. The van der Waals surface area contributed by atoms with Crippen LogP contribution in [0.25, 0.3) is 11.0 Å². The number of anilines is 2. The molecule has 4 aromatic rings. The molecule has 0 bridgehead atoms. The van der Waals surface area contributed by atoms with Crippen LogP contribution in [0.15, 0.2) is 60.7 Å². The van der Waals surface area contributed by atoms with Gasteiger partial charge in [-0.25, -0.2) is 9.97 Å². The average Bonchev–Trinajstić information content (AvgIpc) is 3.26. The van der Waals surface area contributed by atoms with E-state index in [0.717, 1.165) is 66.5 Å². The number of imidazole rings is 1. The van der Waals surface area contributed by atoms with Gasteiger partial charge < -0.3 is 19.5 Å². The first-order valence-corrected chi connectivity index (χ1v) is 12.3. The molecule has 5 rings (SSSR count). The Labute approximate surface area is 211 Å². The minimum absolute atomic E-state index is 0.246. The van der Waals surface area contributed by atoms with E-state index in [2.05, 4.69) is 37.2 Å². The number of hydrogen-bond acceptors (Lipinski definition) is 6. The summed E-state index contributed by atoms with van der Waals surface area (Å²) in [4.78, 5) is 27.2. The molecule has 1 N–H and O–H groups in total. The summed E-state index contributed by atoms with van der Waals surface area (Å²) in [5.41, 5.74) is 4.84. The number of carbonyl (C=O) groups excluding carboxylic acids is 1. The summed E-state index contributed by atoms with van der Waals surface area (Å²) in [7, 11) is 1.72. The highest BCUT2D eigenvalue weighted by Gasteiger charge is 2.22. The summed E-state index contributed by atoms with van der Waals surface area (Å²) in [6.45, 7) is 9.17. The highest BCUT2D eigenvalue weighted by atomic mass is 16.5. The third kappa shape index (κ3) is 5.04. The molecule has 1 saturated heterocycles. The number of pyridine rings is 1. The smallest absolute Gasteiger partial charge is 0.292 e. The van der Waals surface area contributed by atoms with E-state index in [1.165, 1.54) is 0 Å². The molecule has 2 aromatic carbocycles. The monoisotopic (exact) mass is 484 g/mol. The van der Waals surface area contributed by atoms with E-state index in [9.17, 15) is 4.79 Å². The van der Waals surface area contributed by atoms with Gasteiger partial charge in [-0.3, -0.25) is 9.69 Å². The predicted octanol–water partition coefficient (Wildman–Crippen LogP) is 4.13. The van der Waals surface area contributed by atoms with Crippen LogP contribution in [-0.2, 0) is 6.54 Å². The van der Waals surface area contributed by atoms with Gasteiger partial charge in [0, 0.05) is 45.0 Å². The fraction of sp³-hybridized carbons (Fsp3) is 0.321. The van der Waals surface area contributed by atoms with Crippen molar-refractivity contribution in [2.45, 2.75) is 20.4 Å². The Balaban J connectivity index is 1.29. The Morgan fingerprint density at radius 2 is 1.69 bits per heavy atom. The van der Waals surface area contributed by atoms with E-state index in [0.29, 0.717) is 18.2 Å². The van der Waals surface area contributed by atoms with Gasteiger partial charge in [-0.1, -0.05) is 24.3 Å². The first-order chi connectivity index (χ1) is 17.5. The number of nitrogens with zero attached hydrogens (tertiary/aromatic N) is 5. The lowest BCUT2D eigenvalue weighted by Gasteiger charge is -2.36. The molecule has 8 nitrogen and oxygen atoms in total. The van der Waals surface area contributed by atoms with Crippen LogP contribution in [0, 0.1) is 13.8 Å². The molecule has 2 aromatic heterocycles. The molecule has 0 unspecified atom stereocenters. The molecule has 0 radical (unpaired) electrons. The van der Waals surface area contributed by atoms with Crippen molar-refractivity contribution in [3.8, 4) is 5.75 Å². The highest BCUT2D eigenvalue weighted by molar-refractivity contribution is 6.03. The standard InChI is InChI=1S/C28H32N6O2/c1-20-18-21(2)29-26(19-20)31-28(35)27-30-22-8-4-5-9-23(22)34(27)17-14-32-12-15-33(16-13-32)24-10-6-7-11-25(24)36-3/h4-11,18-19H,12-17H2,1-3H3,(H,29,31,35). The second kappa shape index (κ2) is 10.4. The van der Waals surface area contributed by atoms with Crippen molar-refractivity contribution in [3.05, 3.63) is 77.7 Å². The molecule has 36 heavy (non-hydrogen) atoms. The van der Waals surface area contributed by atoms with Gasteiger partial charge in [0.05, 0.1) is 23.8 Å². The fourth-order valence-corrected chi connectivity index (χ4v) is 4.90. The van der Waals surface area contributed by atoms with Gasteiger partial charge in [-0.05, 0) is 55.8 Å². The largest absolute Gasteiger partial charge is 0.495 e. The number of nitrogens with one attached hydrogen (secondary N) is 1. The van der Waals surface area contributed by atoms with Crippen molar-refractivity contribution < 1.29 is 9.53 Å². The first-order valence-electron chi connectivity index (χ1n) is 12.3. The van der Waals surface area contributed by atoms with Crippen molar-refractivity contribution in [2.24, 2.45) is 0 Å². The number of rotatable bonds is 7. The zero-order valence-corrected chi connectivity index (χ0v) is 21.1. The van der Waals surface area contributed by atoms with E-state index < -0.39 is 0 Å². The van der Waals surface area contributed by atoms with Gasteiger partial charge >= 0.3 is 0 Å². The minimum Gasteiger partial charge on any atom is -0.495 e. The SMILES string of the molecule is COc1ccccc1N1CCN(CCn2c(C(=O)Nc3cc(C)cc(C)n3)nc3ccccc32)CC1. The summed E-state index contributed by atoms with van der Waals surface area (Å²) in [5, 5.41) is 2.95. The number of piperazine rings is 1. The molecular weight excluding hydrogens is 452 g/mol. The molecule has 1 amide bonds. The zero-order chi connectivity index (χ0) is 25.1. The number of hydrogen-bond donors (Lipinski definition) is 1. The summed E-state index contributed by atoms with van der Waals surface area (Å²) in [5.74, 6) is 1.61. The maximum absolute atomic E-state index is 13.3. The van der Waals surface area contributed by atoms with Crippen LogP contribution in [0.5, 0.6) is 5.75 Å². The Morgan fingerprint density at radius 3 is 2.47 bits per heavy atom. The lowest BCUT2D eigenvalue weighted by Crippen LogP contribution is -2.47. The van der Waals surface area contributed by atoms with Crippen molar-refractivity contribution in [1.29, 1.82) is 0 Å². The normalized spacial score (nSPS) is 14.2. The molecule has 0 spiro atoms. The van der Waals surface area contributed by atoms with Crippen LogP contribution < -0.4 is 15.0 Å². The van der Waals surface area contributed by atoms with Crippen molar-refractivity contribution in [1.82, 2.24) is 19.4 Å². The molecule has 3 heterocycles. The van der Waals surface area contributed by atoms with E-state index in [-0.39, 0.29) is 5.91 Å². The molecule has 0 aliphatic carbocycles. The summed E-state index contributed by atoms with van der Waals surface area (Å²) >= 11 is 0. The highest BCUT2D eigenvalue weighted by Crippen LogP contribution is 2.28. The van der Waals surface area contributed by atoms with Gasteiger partial charge in [0.15, 0.2) is 5.82 Å². The Kier molecular flexibility index (Phi) is 6.86. The number of fused-ring (bicyclic) bond motifs is 1. The Hall–Kier alpha value is -3.91. The molecule has 8 heteroatoms. The first kappa shape index (κ1) is 23.8. The van der Waals surface area contributed by atoms with Gasteiger partial charge in [0.25, 0.3) is 5.91 Å². The quantitative estimate of drug-likeness (QED) is 0.425. The molecule has 1 fully saturated rings. The number of methoxy groups -OCH3 is 1. The van der Waals surface area contributed by atoms with E-state index in [1.54, 1.807) is 7.11 Å². The fourth-order valence-electron chi connectivity index (χ4n) is 4.90. The van der Waals surface area contributed by atoms with Crippen LogP contribution in [0.2, 0.25) is 0 Å². The van der Waals surface area contributed by atoms with Crippen LogP contribution >= 0.6 is 0 Å². The van der Waals surface area contributed by atoms with E-state index in [1.807, 2.05) is 66.9 Å². The second-order valence-corrected chi connectivity index (χ2v) is 9.20. The maximum atomic E-state index is 13.3. The van der Waals surface area contributed by atoms with Crippen molar-refractivity contribution in [2.75, 3.05) is 50.1 Å². The van der Waals surface area contributed by atoms with Crippen LogP contribution in [0.3, 0.4) is 0 Å². The lowest BCUT2D eigenvalue weighted by molar-refractivity contribution is 0.101. The second-order valence-electron chi connectivity index (χ2n) is 9.20. The van der Waals surface area contributed by atoms with Gasteiger partial charge in [0.1, 0.15) is 11.6 Å². The molecule has 1 aliphatic heterocycles. The molecule has 0 atom stereocenters. The number of para-hydroxylation sites is 4. The number of ether oxygens (including phenoxy) is 1. The van der Waals surface area contributed by atoms with Gasteiger partial charge in [-0.2, -0.15) is 0 Å². The van der Waals surface area contributed by atoms with E-state index in [4.69, 9.17) is 4.74 Å². The van der Waals surface area contributed by atoms with Gasteiger partial charge in [-0.15, -0.1) is 0 Å². The number of carbonyl (C=O) groups is 1. The van der Waals surface area contributed by atoms with Gasteiger partial charge in [0.2, 0.25) is 0 Å². The maximum Gasteiger partial charge on any atom is 0.292 e. The predicted molar refractivity (Wildman–Crippen MR) is 143 cm³/mol. The summed E-state index contributed by atoms with van der Waals surface area (Å²) in [6.07, 6.45) is 0. The summed E-state index contributed by atoms with van der Waals surface area (Å²) in [6, 6.07) is 19.9. The van der Waals surface area contributed by atoms with Crippen molar-refractivity contribution in [3.63, 3.8) is 0 Å². The zero-order valence-electron chi connectivity index (χ0n) is 21.1. The molecular formula is C28H32N6O2. The topological polar surface area (TPSA) is 75.5 Å². The van der Waals surface area contributed by atoms with Crippen LogP contribution in [0.1, 0.15) is 21.9 Å². The molecule has 186 valence electrons. The number of aryl methyl sites for hydroxylation is 2. The Bertz CT molecular complexity index is 1350. The number of benzene rings is 2. The van der Waals surface area contributed by atoms with Crippen molar-refractivity contribution >= 4 is 28.4 Å². The molecule has 0 saturated carbocycles. The average molecular weight is 485 g/mol. The minimum atomic E-state index is -0.246. The third-order valence-corrected chi connectivity index (χ3v) is 6.63.